The minimum Gasteiger partial charge on any atom is -0.744 e. The number of aliphatic imine (C=N–C) groups is 1. The quantitative estimate of drug-likeness (QED) is 0.0457. The molecule has 9 aromatic heterocycles. The summed E-state index contributed by atoms with van der Waals surface area (Å²) in [6, 6.07) is 35.5. The summed E-state index contributed by atoms with van der Waals surface area (Å²) in [5.41, 5.74) is 14.1. The van der Waals surface area contributed by atoms with Gasteiger partial charge in [0.2, 0.25) is 57.7 Å². The molecule has 0 spiro atoms. The largest absolute Gasteiger partial charge is 1.00 e. The number of imidazole rings is 1. The molecule has 0 fully saturated rings. The maximum Gasteiger partial charge on any atom is 1.00 e. The first-order chi connectivity index (χ1) is 48.2. The number of anilines is 2. The van der Waals surface area contributed by atoms with Crippen LogP contribution >= 0.6 is 0 Å². The summed E-state index contributed by atoms with van der Waals surface area (Å²) >= 11 is 0. The smallest absolute Gasteiger partial charge is 0.744 e. The molecule has 13 aromatic rings. The van der Waals surface area contributed by atoms with Crippen molar-refractivity contribution in [3.05, 3.63) is 208 Å². The van der Waals surface area contributed by atoms with E-state index >= 15 is 0 Å². The topological polar surface area (TPSA) is 583 Å². The molecular weight excluding hydrogens is 1380 g/mol. The third kappa shape index (κ3) is 22.8. The van der Waals surface area contributed by atoms with Crippen molar-refractivity contribution in [1.82, 2.24) is 142 Å². The van der Waals surface area contributed by atoms with Crippen LogP contribution in [0.15, 0.2) is 183 Å². The van der Waals surface area contributed by atoms with Crippen LogP contribution in [0.2, 0.25) is 0 Å². The van der Waals surface area contributed by atoms with Crippen LogP contribution in [0.1, 0.15) is 49.4 Å². The first-order valence-electron chi connectivity index (χ1n) is 29.0. The second-order valence-corrected chi connectivity index (χ2v) is 22.4. The van der Waals surface area contributed by atoms with E-state index in [9.17, 15) is 35.5 Å². The molecule has 0 unspecified atom stereocenters. The molecule has 39 nitrogen and oxygen atoms in total. The van der Waals surface area contributed by atoms with E-state index in [0.717, 1.165) is 48.2 Å². The summed E-state index contributed by atoms with van der Waals surface area (Å²) in [7, 11) is -9.43. The standard InChI is InChI=1S/C14H12N6O6S2.C14H10N4.C12H8N6O2.C9H7N7.C6H10N4.C4H6N4.2Na/c15-9-5-7(1-3-11(9)27(21,22)23)13-17-19-14(20-18-13)8-2-4-12(10(16)6-8)28(24,25)26;1-3-7-11(8-4-1)13-15-17-14(18-16-13)12-9-5-2-6-10-12;19-9-5-1-3-7(13-9)11-15-17-12(18-16-11)8-4-2-6-10(20)14-8;1-2-6(10-3-1)7-13-15-9(16-14-7)8-11-4-5-12-8;1-3-5-7-9-6(4-2)10-8-5;1-3-5-7-4(2)8-6-3;;/h1-6H,15-16H2,(H,21,22,23)(H,24,25,26);1-10H;1-6H,(H,13,19)(H,14,20);1,3-5H,2H2,(H,11,12);3-4H2,1-2H3;1-2H3;;/q;;;;;;2*+1/p-2. The van der Waals surface area contributed by atoms with E-state index in [1.54, 1.807) is 56.7 Å². The fourth-order valence-electron chi connectivity index (χ4n) is 7.75. The molecule has 7 N–H and O–H groups in total. The van der Waals surface area contributed by atoms with Crippen molar-refractivity contribution < 1.29 is 85.1 Å². The first kappa shape index (κ1) is 77.8. The van der Waals surface area contributed by atoms with Crippen molar-refractivity contribution in [3.63, 3.8) is 0 Å². The number of aromatic nitrogens is 28. The van der Waals surface area contributed by atoms with Crippen LogP contribution in [-0.2, 0) is 33.1 Å². The van der Waals surface area contributed by atoms with Gasteiger partial charge in [0.05, 0.1) is 26.9 Å². The Morgan fingerprint density at radius 2 is 0.784 bits per heavy atom. The number of benzene rings is 4. The number of rotatable bonds is 12. The summed E-state index contributed by atoms with van der Waals surface area (Å²) in [6.45, 7) is 7.45. The van der Waals surface area contributed by atoms with E-state index in [0.29, 0.717) is 63.8 Å². The average Bonchev–Trinajstić information content (AvgIpc) is 0.923. The predicted octanol–water partition coefficient (Wildman–Crippen LogP) is -3.20. The monoisotopic (exact) mass is 1430 g/mol. The molecule has 4 aromatic carbocycles. The summed E-state index contributed by atoms with van der Waals surface area (Å²) in [5, 5.41) is 93.1. The van der Waals surface area contributed by atoms with Gasteiger partial charge in [0.25, 0.3) is 0 Å². The summed E-state index contributed by atoms with van der Waals surface area (Å²) in [5.74, 6) is 5.48. The minimum atomic E-state index is -4.72. The predicted molar refractivity (Wildman–Crippen MR) is 350 cm³/mol. The number of nitrogens with one attached hydrogen (secondary N) is 3. The maximum atomic E-state index is 11.2. The first-order valence-corrected chi connectivity index (χ1v) is 31.8. The number of allylic oxidation sites excluding steroid dienone is 1. The Hall–Kier alpha value is -11.5. The Balaban J connectivity index is 0.000000178. The van der Waals surface area contributed by atoms with Gasteiger partial charge in [-0.2, -0.15) is 0 Å². The zero-order valence-electron chi connectivity index (χ0n) is 54.5. The Kier molecular flexibility index (Phi) is 28.7. The summed E-state index contributed by atoms with van der Waals surface area (Å²) in [6.07, 6.45) is 9.28. The molecule has 1 aliphatic heterocycles. The fourth-order valence-corrected chi connectivity index (χ4v) is 8.91. The van der Waals surface area contributed by atoms with Gasteiger partial charge in [0, 0.05) is 83.6 Å². The summed E-state index contributed by atoms with van der Waals surface area (Å²) in [4.78, 5) is 37.4. The van der Waals surface area contributed by atoms with Crippen molar-refractivity contribution in [2.45, 2.75) is 56.7 Å². The number of H-pyrrole nitrogens is 3. The van der Waals surface area contributed by atoms with E-state index < -0.39 is 30.0 Å². The Morgan fingerprint density at radius 1 is 0.422 bits per heavy atom. The third-order valence-corrected chi connectivity index (χ3v) is 14.4. The molecule has 1 aliphatic rings. The van der Waals surface area contributed by atoms with Gasteiger partial charge < -0.3 is 35.5 Å². The Bertz CT molecular complexity index is 4990. The number of pyridine rings is 2. The zero-order valence-corrected chi connectivity index (χ0v) is 60.1. The van der Waals surface area contributed by atoms with Crippen molar-refractivity contribution >= 4 is 37.3 Å². The molecule has 0 saturated carbocycles. The third-order valence-electron chi connectivity index (χ3n) is 12.6. The molecule has 14 rings (SSSR count). The van der Waals surface area contributed by atoms with Crippen LogP contribution in [-0.4, -0.2) is 174 Å². The van der Waals surface area contributed by atoms with Gasteiger partial charge in [-0.05, 0) is 62.4 Å². The Labute approximate surface area is 621 Å². The molecule has 504 valence electrons. The van der Waals surface area contributed by atoms with Crippen LogP contribution < -0.4 is 81.7 Å². The van der Waals surface area contributed by atoms with Crippen molar-refractivity contribution in [3.8, 4) is 80.2 Å². The number of aromatic amines is 3. The van der Waals surface area contributed by atoms with Gasteiger partial charge in [0.1, 0.15) is 20.2 Å². The van der Waals surface area contributed by atoms with Gasteiger partial charge in [-0.25, -0.2) is 21.8 Å². The number of nitrogen functional groups attached to an aromatic ring is 2. The second kappa shape index (κ2) is 37.6. The van der Waals surface area contributed by atoms with Crippen molar-refractivity contribution in [1.29, 1.82) is 0 Å². The normalized spacial score (nSPS) is 11.1. The molecule has 0 aliphatic carbocycles. The number of hydrogen-bond donors (Lipinski definition) is 5. The van der Waals surface area contributed by atoms with Crippen LogP contribution in [0, 0.1) is 13.8 Å². The van der Waals surface area contributed by atoms with E-state index in [4.69, 9.17) is 11.5 Å². The molecular formula is C59H51N31Na2O8S2. The SMILES string of the molecule is C1=CN=C(c2nnc(-c3ncc[nH]3)nn2)C1.CCc1nnc(CC)nn1.Cc1nnc(C)nn1.Nc1cc(-c2nnc(-c3ccc(S(=O)(=O)[O-])c(N)c3)nn2)ccc1S(=O)(=O)[O-].O=c1cccc(-c2nnc(-c3cccc(=O)[nH]3)nn2)[nH]1.[Na+].[Na+].c1ccc(-c2nnc(-c3ccccc3)nn2)cc1. The second-order valence-electron chi connectivity index (χ2n) is 19.7. The van der Waals surface area contributed by atoms with Gasteiger partial charge in [-0.15, -0.1) is 122 Å². The van der Waals surface area contributed by atoms with Gasteiger partial charge in [-0.3, -0.25) is 14.6 Å². The molecule has 0 amide bonds. The summed E-state index contributed by atoms with van der Waals surface area (Å²) < 4.78 is 66.3. The zero-order chi connectivity index (χ0) is 71.0. The minimum absolute atomic E-state index is 0. The molecule has 102 heavy (non-hydrogen) atoms. The van der Waals surface area contributed by atoms with E-state index in [1.165, 1.54) is 36.4 Å². The maximum absolute atomic E-state index is 11.2. The van der Waals surface area contributed by atoms with Crippen molar-refractivity contribution in [2.75, 3.05) is 11.5 Å². The number of nitrogens with two attached hydrogens (primary N) is 2. The van der Waals surface area contributed by atoms with Crippen LogP contribution in [0.5, 0.6) is 0 Å². The van der Waals surface area contributed by atoms with E-state index in [-0.39, 0.29) is 116 Å². The molecule has 0 saturated heterocycles. The van der Waals surface area contributed by atoms with E-state index in [2.05, 4.69) is 147 Å². The van der Waals surface area contributed by atoms with Crippen molar-refractivity contribution in [2.24, 2.45) is 4.99 Å². The van der Waals surface area contributed by atoms with Crippen LogP contribution in [0.25, 0.3) is 80.2 Å². The van der Waals surface area contributed by atoms with Crippen LogP contribution in [0.3, 0.4) is 0 Å². The number of aryl methyl sites for hydroxylation is 4. The Morgan fingerprint density at radius 3 is 1.11 bits per heavy atom. The molecule has 0 radical (unpaired) electrons. The molecule has 43 heteroatoms. The van der Waals surface area contributed by atoms with E-state index in [1.807, 2.05) is 80.6 Å². The average molecular weight is 1430 g/mol. The number of hydrogen-bond acceptors (Lipinski definition) is 36. The molecule has 10 heterocycles. The van der Waals surface area contributed by atoms with Gasteiger partial charge in [0.15, 0.2) is 29.1 Å². The van der Waals surface area contributed by atoms with Crippen LogP contribution in [0.4, 0.5) is 11.4 Å². The van der Waals surface area contributed by atoms with Gasteiger partial charge in [-0.1, -0.05) is 92.7 Å². The molecule has 0 bridgehead atoms. The number of nitrogens with zero attached hydrogens (tertiary/aromatic N) is 26. The molecule has 0 atom stereocenters. The van der Waals surface area contributed by atoms with Gasteiger partial charge >= 0.3 is 59.1 Å². The fraction of sp³-hybridized carbons (Fsp3) is 0.119.